The highest BCUT2D eigenvalue weighted by molar-refractivity contribution is 6.02. The molecular weight excluding hydrogens is 334 g/mol. The molecule has 0 N–H and O–H groups in total. The zero-order chi connectivity index (χ0) is 18.4. The summed E-state index contributed by atoms with van der Waals surface area (Å²) in [5.74, 6) is 0.210. The van der Waals surface area contributed by atoms with Crippen molar-refractivity contribution in [2.45, 2.75) is 76.4 Å². The summed E-state index contributed by atoms with van der Waals surface area (Å²) in [7, 11) is 0. The molecule has 7 heteroatoms. The van der Waals surface area contributed by atoms with E-state index in [0.717, 1.165) is 38.5 Å². The van der Waals surface area contributed by atoms with Crippen molar-refractivity contribution in [2.24, 2.45) is 5.92 Å². The molecule has 0 aliphatic carbocycles. The molecule has 4 aliphatic rings. The van der Waals surface area contributed by atoms with E-state index in [-0.39, 0.29) is 47.7 Å². The molecule has 142 valence electrons. The zero-order valence-corrected chi connectivity index (χ0v) is 15.4. The fourth-order valence-corrected chi connectivity index (χ4v) is 5.37. The molecule has 4 fully saturated rings. The Bertz CT molecular complexity index is 611. The minimum atomic E-state index is -0.0456. The van der Waals surface area contributed by atoms with Gasteiger partial charge in [0.15, 0.2) is 0 Å². The van der Waals surface area contributed by atoms with Crippen LogP contribution in [0.1, 0.15) is 58.3 Å². The van der Waals surface area contributed by atoms with Crippen LogP contribution in [0.3, 0.4) is 0 Å². The van der Waals surface area contributed by atoms with E-state index in [1.54, 1.807) is 6.92 Å². The van der Waals surface area contributed by atoms with Crippen molar-refractivity contribution < 1.29 is 19.2 Å². The van der Waals surface area contributed by atoms with Crippen molar-refractivity contribution in [1.82, 2.24) is 14.7 Å². The number of hydrogen-bond acceptors (Lipinski definition) is 4. The smallest absolute Gasteiger partial charge is 0.229 e. The van der Waals surface area contributed by atoms with Crippen molar-refractivity contribution in [3.63, 3.8) is 0 Å². The van der Waals surface area contributed by atoms with E-state index >= 15 is 0 Å². The number of carbonyl (C=O) groups excluding carboxylic acids is 4. The van der Waals surface area contributed by atoms with E-state index in [9.17, 15) is 19.2 Å². The highest BCUT2D eigenvalue weighted by Crippen LogP contribution is 2.40. The van der Waals surface area contributed by atoms with E-state index in [1.165, 1.54) is 4.90 Å². The van der Waals surface area contributed by atoms with Gasteiger partial charge in [-0.2, -0.15) is 0 Å². The van der Waals surface area contributed by atoms with Crippen molar-refractivity contribution in [1.29, 1.82) is 0 Å². The Hall–Kier alpha value is -1.92. The second-order valence-corrected chi connectivity index (χ2v) is 8.19. The van der Waals surface area contributed by atoms with Crippen LogP contribution in [0.4, 0.5) is 0 Å². The predicted molar refractivity (Wildman–Crippen MR) is 92.7 cm³/mol. The van der Waals surface area contributed by atoms with Gasteiger partial charge in [-0.25, -0.2) is 0 Å². The van der Waals surface area contributed by atoms with Crippen LogP contribution in [0.2, 0.25) is 0 Å². The molecule has 7 nitrogen and oxygen atoms in total. The minimum absolute atomic E-state index is 0.000278. The lowest BCUT2D eigenvalue weighted by Crippen LogP contribution is -2.55. The van der Waals surface area contributed by atoms with E-state index in [2.05, 4.69) is 4.90 Å². The van der Waals surface area contributed by atoms with Gasteiger partial charge in [-0.15, -0.1) is 0 Å². The topological polar surface area (TPSA) is 78.0 Å². The van der Waals surface area contributed by atoms with E-state index in [0.29, 0.717) is 25.9 Å². The quantitative estimate of drug-likeness (QED) is 0.685. The van der Waals surface area contributed by atoms with Crippen LogP contribution in [0.5, 0.6) is 0 Å². The summed E-state index contributed by atoms with van der Waals surface area (Å²) in [6, 6.07) is 0.273. The highest BCUT2D eigenvalue weighted by atomic mass is 16.2. The number of rotatable bonds is 2. The van der Waals surface area contributed by atoms with Crippen LogP contribution in [-0.2, 0) is 19.2 Å². The molecule has 0 aromatic rings. The van der Waals surface area contributed by atoms with Gasteiger partial charge in [-0.3, -0.25) is 24.1 Å². The van der Waals surface area contributed by atoms with Crippen molar-refractivity contribution in [2.75, 3.05) is 13.1 Å². The minimum Gasteiger partial charge on any atom is -0.343 e. The number of hydrogen-bond donors (Lipinski definition) is 0. The maximum atomic E-state index is 13.1. The van der Waals surface area contributed by atoms with Gasteiger partial charge in [0.05, 0.1) is 0 Å². The first-order chi connectivity index (χ1) is 12.5. The molecule has 0 radical (unpaired) electrons. The van der Waals surface area contributed by atoms with Crippen molar-refractivity contribution >= 4 is 23.6 Å². The normalized spacial score (nSPS) is 32.5. The van der Waals surface area contributed by atoms with Gasteiger partial charge in [-0.1, -0.05) is 0 Å². The molecule has 0 saturated carbocycles. The highest BCUT2D eigenvalue weighted by Gasteiger charge is 2.48. The Balaban J connectivity index is 1.41. The molecule has 4 aliphatic heterocycles. The fourth-order valence-electron chi connectivity index (χ4n) is 5.37. The summed E-state index contributed by atoms with van der Waals surface area (Å²) >= 11 is 0. The molecule has 0 aromatic carbocycles. The molecule has 26 heavy (non-hydrogen) atoms. The number of imide groups is 1. The Kier molecular flexibility index (Phi) is 4.49. The maximum absolute atomic E-state index is 13.1. The summed E-state index contributed by atoms with van der Waals surface area (Å²) in [6.45, 7) is 2.90. The third-order valence-electron chi connectivity index (χ3n) is 6.71. The first-order valence-electron chi connectivity index (χ1n) is 9.88. The van der Waals surface area contributed by atoms with Gasteiger partial charge in [0.2, 0.25) is 23.6 Å². The molecule has 4 rings (SSSR count). The third-order valence-corrected chi connectivity index (χ3v) is 6.71. The average Bonchev–Trinajstić information content (AvgIpc) is 3.10. The summed E-state index contributed by atoms with van der Waals surface area (Å²) < 4.78 is 0. The van der Waals surface area contributed by atoms with Gasteiger partial charge >= 0.3 is 0 Å². The summed E-state index contributed by atoms with van der Waals surface area (Å²) in [5.41, 5.74) is 0. The van der Waals surface area contributed by atoms with E-state index in [4.69, 9.17) is 0 Å². The van der Waals surface area contributed by atoms with Crippen LogP contribution in [-0.4, -0.2) is 69.5 Å². The molecular formula is C19H27N3O4. The van der Waals surface area contributed by atoms with Gasteiger partial charge in [0.1, 0.15) is 0 Å². The second kappa shape index (κ2) is 6.67. The third kappa shape index (κ3) is 2.91. The Morgan fingerprint density at radius 3 is 1.88 bits per heavy atom. The van der Waals surface area contributed by atoms with Crippen molar-refractivity contribution in [3.05, 3.63) is 0 Å². The number of amides is 4. The Morgan fingerprint density at radius 1 is 0.846 bits per heavy atom. The van der Waals surface area contributed by atoms with Crippen molar-refractivity contribution in [3.8, 4) is 0 Å². The molecule has 4 heterocycles. The number of piperidine rings is 2. The van der Waals surface area contributed by atoms with Gasteiger partial charge in [0, 0.05) is 56.9 Å². The monoisotopic (exact) mass is 361 g/mol. The lowest BCUT2D eigenvalue weighted by Gasteiger charge is -2.43. The average molecular weight is 361 g/mol. The lowest BCUT2D eigenvalue weighted by molar-refractivity contribution is -0.148. The lowest BCUT2D eigenvalue weighted by atomic mass is 9.90. The zero-order valence-electron chi connectivity index (χ0n) is 15.4. The SMILES string of the molecule is CC(=O)N1CCC(C(=O)N2C3CCC2CC(N2C(=O)CCC2=O)C3)CC1. The van der Waals surface area contributed by atoms with Gasteiger partial charge in [-0.05, 0) is 38.5 Å². The number of carbonyl (C=O) groups is 4. The number of fused-ring (bicyclic) bond motifs is 2. The Labute approximate surface area is 153 Å². The molecule has 2 atom stereocenters. The van der Waals surface area contributed by atoms with Crippen LogP contribution in [0.25, 0.3) is 0 Å². The standard InChI is InChI=1S/C19H27N3O4/c1-12(23)20-8-6-13(7-9-20)19(26)21-14-2-3-15(21)11-16(10-14)22-17(24)4-5-18(22)25/h13-16H,2-11H2,1H3. The fraction of sp³-hybridized carbons (Fsp3) is 0.789. The van der Waals surface area contributed by atoms with Crippen LogP contribution >= 0.6 is 0 Å². The first-order valence-corrected chi connectivity index (χ1v) is 9.88. The van der Waals surface area contributed by atoms with E-state index < -0.39 is 0 Å². The molecule has 4 saturated heterocycles. The number of likely N-dealkylation sites (tertiary alicyclic amines) is 2. The molecule has 0 spiro atoms. The van der Waals surface area contributed by atoms with Crippen LogP contribution in [0, 0.1) is 5.92 Å². The first kappa shape index (κ1) is 17.5. The molecule has 2 bridgehead atoms. The van der Waals surface area contributed by atoms with Crippen LogP contribution < -0.4 is 0 Å². The summed E-state index contributed by atoms with van der Waals surface area (Å²) in [6.07, 6.45) is 5.54. The summed E-state index contributed by atoms with van der Waals surface area (Å²) in [5, 5.41) is 0. The van der Waals surface area contributed by atoms with E-state index in [1.807, 2.05) is 4.90 Å². The second-order valence-electron chi connectivity index (χ2n) is 8.19. The largest absolute Gasteiger partial charge is 0.343 e. The maximum Gasteiger partial charge on any atom is 0.229 e. The number of nitrogens with zero attached hydrogens (tertiary/aromatic N) is 3. The summed E-state index contributed by atoms with van der Waals surface area (Å²) in [4.78, 5) is 54.1. The Morgan fingerprint density at radius 2 is 1.38 bits per heavy atom. The van der Waals surface area contributed by atoms with Gasteiger partial charge in [0.25, 0.3) is 0 Å². The predicted octanol–water partition coefficient (Wildman–Crippen LogP) is 0.916. The molecule has 0 aromatic heterocycles. The van der Waals surface area contributed by atoms with Gasteiger partial charge < -0.3 is 9.80 Å². The molecule has 2 unspecified atom stereocenters. The molecule has 4 amide bonds. The van der Waals surface area contributed by atoms with Crippen LogP contribution in [0.15, 0.2) is 0 Å².